The van der Waals surface area contributed by atoms with Crippen LogP contribution in [0.1, 0.15) is 37.9 Å². The smallest absolute Gasteiger partial charge is 0.230 e. The van der Waals surface area contributed by atoms with E-state index in [1.807, 2.05) is 6.92 Å². The van der Waals surface area contributed by atoms with Crippen LogP contribution in [0.3, 0.4) is 0 Å². The second kappa shape index (κ2) is 7.98. The number of rotatable bonds is 7. The van der Waals surface area contributed by atoms with E-state index in [0.29, 0.717) is 16.8 Å². The standard InChI is InChI=1S/C16H22N4OS/c1-11(2)8-13-4-6-14(7-5-13)12(3)19-15(21)9-22-16-17-10-18-20-16/h4-7,10-12H,8-9H2,1-3H3,(H,19,21)(H,17,18,20). The van der Waals surface area contributed by atoms with E-state index in [4.69, 9.17) is 0 Å². The molecule has 0 aliphatic rings. The molecule has 0 saturated heterocycles. The molecule has 1 atom stereocenters. The summed E-state index contributed by atoms with van der Waals surface area (Å²) >= 11 is 1.34. The predicted molar refractivity (Wildman–Crippen MR) is 88.6 cm³/mol. The Morgan fingerprint density at radius 3 is 2.59 bits per heavy atom. The van der Waals surface area contributed by atoms with Crippen molar-refractivity contribution in [2.24, 2.45) is 5.92 Å². The molecule has 2 rings (SSSR count). The highest BCUT2D eigenvalue weighted by Crippen LogP contribution is 2.16. The summed E-state index contributed by atoms with van der Waals surface area (Å²) in [5.41, 5.74) is 2.45. The van der Waals surface area contributed by atoms with Crippen LogP contribution < -0.4 is 5.32 Å². The number of aromatic amines is 1. The highest BCUT2D eigenvalue weighted by Gasteiger charge is 2.11. The Morgan fingerprint density at radius 1 is 1.27 bits per heavy atom. The summed E-state index contributed by atoms with van der Waals surface area (Å²) in [5, 5.41) is 10.1. The van der Waals surface area contributed by atoms with E-state index in [1.165, 1.54) is 23.7 Å². The number of hydrogen-bond acceptors (Lipinski definition) is 4. The van der Waals surface area contributed by atoms with Crippen LogP contribution in [0.5, 0.6) is 0 Å². The van der Waals surface area contributed by atoms with Gasteiger partial charge in [-0.15, -0.1) is 0 Å². The van der Waals surface area contributed by atoms with Crippen LogP contribution in [0.4, 0.5) is 0 Å². The number of thioether (sulfide) groups is 1. The van der Waals surface area contributed by atoms with Crippen molar-refractivity contribution in [3.63, 3.8) is 0 Å². The third-order valence-electron chi connectivity index (χ3n) is 3.23. The molecule has 1 aromatic heterocycles. The van der Waals surface area contributed by atoms with Gasteiger partial charge in [-0.3, -0.25) is 9.89 Å². The maximum atomic E-state index is 11.9. The normalized spacial score (nSPS) is 12.4. The number of H-pyrrole nitrogens is 1. The first-order valence-electron chi connectivity index (χ1n) is 7.41. The second-order valence-corrected chi connectivity index (χ2v) is 6.67. The van der Waals surface area contributed by atoms with Gasteiger partial charge in [0.2, 0.25) is 5.91 Å². The third-order valence-corrected chi connectivity index (χ3v) is 4.11. The number of nitrogens with one attached hydrogen (secondary N) is 2. The Bertz CT molecular complexity index is 581. The van der Waals surface area contributed by atoms with Crippen molar-refractivity contribution in [2.75, 3.05) is 5.75 Å². The first-order chi connectivity index (χ1) is 10.5. The lowest BCUT2D eigenvalue weighted by atomic mass is 10.00. The minimum absolute atomic E-state index is 0.00377. The lowest BCUT2D eigenvalue weighted by molar-refractivity contribution is -0.119. The molecule has 22 heavy (non-hydrogen) atoms. The number of aromatic nitrogens is 3. The van der Waals surface area contributed by atoms with Crippen molar-refractivity contribution < 1.29 is 4.79 Å². The molecule has 0 fully saturated rings. The van der Waals surface area contributed by atoms with E-state index < -0.39 is 0 Å². The van der Waals surface area contributed by atoms with Crippen molar-refractivity contribution in [1.29, 1.82) is 0 Å². The highest BCUT2D eigenvalue weighted by atomic mass is 32.2. The van der Waals surface area contributed by atoms with Crippen molar-refractivity contribution in [2.45, 2.75) is 38.4 Å². The monoisotopic (exact) mass is 318 g/mol. The Morgan fingerprint density at radius 2 is 2.00 bits per heavy atom. The molecular weight excluding hydrogens is 296 g/mol. The molecule has 0 aliphatic heterocycles. The lowest BCUT2D eigenvalue weighted by Crippen LogP contribution is -2.28. The molecule has 0 aliphatic carbocycles. The van der Waals surface area contributed by atoms with Gasteiger partial charge in [0.25, 0.3) is 0 Å². The van der Waals surface area contributed by atoms with Crippen molar-refractivity contribution in [1.82, 2.24) is 20.5 Å². The Kier molecular flexibility index (Phi) is 6.00. The number of carbonyl (C=O) groups excluding carboxylic acids is 1. The van der Waals surface area contributed by atoms with Gasteiger partial charge in [-0.1, -0.05) is 49.9 Å². The summed E-state index contributed by atoms with van der Waals surface area (Å²) in [6.07, 6.45) is 2.51. The SMILES string of the molecule is CC(C)Cc1ccc(C(C)NC(=O)CSc2ncn[nH]2)cc1. The van der Waals surface area contributed by atoms with E-state index in [1.54, 1.807) is 0 Å². The van der Waals surface area contributed by atoms with Crippen LogP contribution in [-0.4, -0.2) is 26.8 Å². The maximum Gasteiger partial charge on any atom is 0.230 e. The molecule has 1 unspecified atom stereocenters. The van der Waals surface area contributed by atoms with E-state index >= 15 is 0 Å². The summed E-state index contributed by atoms with van der Waals surface area (Å²) in [4.78, 5) is 15.9. The van der Waals surface area contributed by atoms with Gasteiger partial charge >= 0.3 is 0 Å². The van der Waals surface area contributed by atoms with Gasteiger partial charge in [0.15, 0.2) is 5.16 Å². The maximum absolute atomic E-state index is 11.9. The summed E-state index contributed by atoms with van der Waals surface area (Å²) in [6.45, 7) is 6.42. The largest absolute Gasteiger partial charge is 0.349 e. The van der Waals surface area contributed by atoms with E-state index in [2.05, 4.69) is 58.6 Å². The van der Waals surface area contributed by atoms with E-state index in [0.717, 1.165) is 12.0 Å². The molecular formula is C16H22N4OS. The molecule has 118 valence electrons. The number of amides is 1. The molecule has 2 N–H and O–H groups in total. The van der Waals surface area contributed by atoms with Crippen molar-refractivity contribution in [3.05, 3.63) is 41.7 Å². The van der Waals surface area contributed by atoms with Gasteiger partial charge < -0.3 is 5.32 Å². The molecule has 5 nitrogen and oxygen atoms in total. The molecule has 0 saturated carbocycles. The lowest BCUT2D eigenvalue weighted by Gasteiger charge is -2.15. The van der Waals surface area contributed by atoms with Gasteiger partial charge in [-0.05, 0) is 30.4 Å². The van der Waals surface area contributed by atoms with E-state index in [9.17, 15) is 4.79 Å². The van der Waals surface area contributed by atoms with Crippen LogP contribution in [-0.2, 0) is 11.2 Å². The molecule has 1 amide bonds. The fourth-order valence-corrected chi connectivity index (χ4v) is 2.77. The quantitative estimate of drug-likeness (QED) is 0.770. The molecule has 1 heterocycles. The second-order valence-electron chi connectivity index (χ2n) is 5.71. The Balaban J connectivity index is 1.83. The molecule has 6 heteroatoms. The average Bonchev–Trinajstić information content (AvgIpc) is 2.98. The summed E-state index contributed by atoms with van der Waals surface area (Å²) in [5.74, 6) is 0.960. The first-order valence-corrected chi connectivity index (χ1v) is 8.39. The molecule has 2 aromatic rings. The van der Waals surface area contributed by atoms with Gasteiger partial charge in [-0.2, -0.15) is 5.10 Å². The molecule has 0 spiro atoms. The van der Waals surface area contributed by atoms with Crippen LogP contribution in [0.2, 0.25) is 0 Å². The Labute approximate surface area is 135 Å². The predicted octanol–water partition coefficient (Wildman–Crippen LogP) is 2.97. The zero-order chi connectivity index (χ0) is 15.9. The molecule has 0 bridgehead atoms. The Hall–Kier alpha value is -1.82. The summed E-state index contributed by atoms with van der Waals surface area (Å²) in [6, 6.07) is 8.46. The zero-order valence-corrected chi connectivity index (χ0v) is 14.0. The first kappa shape index (κ1) is 16.5. The molecule has 1 aromatic carbocycles. The highest BCUT2D eigenvalue weighted by molar-refractivity contribution is 7.99. The van der Waals surface area contributed by atoms with E-state index in [-0.39, 0.29) is 11.9 Å². The van der Waals surface area contributed by atoms with Crippen molar-refractivity contribution >= 4 is 17.7 Å². The van der Waals surface area contributed by atoms with Gasteiger partial charge in [0, 0.05) is 0 Å². The minimum Gasteiger partial charge on any atom is -0.349 e. The van der Waals surface area contributed by atoms with Gasteiger partial charge in [0.1, 0.15) is 6.33 Å². The molecule has 0 radical (unpaired) electrons. The fraction of sp³-hybridized carbons (Fsp3) is 0.438. The minimum atomic E-state index is -0.0137. The number of benzene rings is 1. The van der Waals surface area contributed by atoms with Crippen molar-refractivity contribution in [3.8, 4) is 0 Å². The summed E-state index contributed by atoms with van der Waals surface area (Å²) < 4.78 is 0. The summed E-state index contributed by atoms with van der Waals surface area (Å²) in [7, 11) is 0. The average molecular weight is 318 g/mol. The topological polar surface area (TPSA) is 70.7 Å². The van der Waals surface area contributed by atoms with Gasteiger partial charge in [-0.25, -0.2) is 4.98 Å². The third kappa shape index (κ3) is 5.18. The van der Waals surface area contributed by atoms with Crippen LogP contribution in [0, 0.1) is 5.92 Å². The number of hydrogen-bond donors (Lipinski definition) is 2. The van der Waals surface area contributed by atoms with Crippen LogP contribution in [0.15, 0.2) is 35.7 Å². The van der Waals surface area contributed by atoms with Gasteiger partial charge in [0.05, 0.1) is 11.8 Å². The van der Waals surface area contributed by atoms with Crippen LogP contribution in [0.25, 0.3) is 0 Å². The number of carbonyl (C=O) groups is 1. The van der Waals surface area contributed by atoms with Crippen LogP contribution >= 0.6 is 11.8 Å². The number of nitrogens with zero attached hydrogens (tertiary/aromatic N) is 2. The zero-order valence-electron chi connectivity index (χ0n) is 13.2. The fourth-order valence-electron chi connectivity index (χ4n) is 2.18.